The van der Waals surface area contributed by atoms with Gasteiger partial charge in [-0.15, -0.1) is 0 Å². The Bertz CT molecular complexity index is 988. The van der Waals surface area contributed by atoms with Crippen molar-refractivity contribution in [1.82, 2.24) is 5.32 Å². The summed E-state index contributed by atoms with van der Waals surface area (Å²) in [5, 5.41) is 5.72. The minimum absolute atomic E-state index is 0.165. The Hall–Kier alpha value is -3.80. The van der Waals surface area contributed by atoms with E-state index in [1.807, 2.05) is 54.6 Å². The summed E-state index contributed by atoms with van der Waals surface area (Å²) >= 11 is 0. The van der Waals surface area contributed by atoms with Crippen LogP contribution in [0.15, 0.2) is 78.9 Å². The number of hydrogen-bond donors (Lipinski definition) is 2. The maximum absolute atomic E-state index is 12.6. The Morgan fingerprint density at radius 1 is 0.839 bits per heavy atom. The van der Waals surface area contributed by atoms with E-state index in [1.165, 1.54) is 0 Å². The van der Waals surface area contributed by atoms with Gasteiger partial charge in [-0.25, -0.2) is 0 Å². The van der Waals surface area contributed by atoms with Gasteiger partial charge in [-0.3, -0.25) is 9.59 Å². The van der Waals surface area contributed by atoms with Gasteiger partial charge in [0.1, 0.15) is 11.5 Å². The van der Waals surface area contributed by atoms with Crippen LogP contribution in [0.1, 0.15) is 28.8 Å². The van der Waals surface area contributed by atoms with Crippen LogP contribution in [-0.4, -0.2) is 25.5 Å². The molecule has 6 nitrogen and oxygen atoms in total. The molecule has 0 spiro atoms. The van der Waals surface area contributed by atoms with Crippen LogP contribution in [0.5, 0.6) is 11.5 Å². The van der Waals surface area contributed by atoms with Crippen LogP contribution in [0.2, 0.25) is 0 Å². The van der Waals surface area contributed by atoms with E-state index in [2.05, 4.69) is 10.6 Å². The highest BCUT2D eigenvalue weighted by Crippen LogP contribution is 2.18. The molecule has 2 N–H and O–H groups in total. The SMILES string of the molecule is COc1ccc(OCCCC(=O)Nc2ccccc2C(=O)NCc2ccccc2)cc1. The van der Waals surface area contributed by atoms with Gasteiger partial charge in [0.25, 0.3) is 5.91 Å². The highest BCUT2D eigenvalue weighted by Gasteiger charge is 2.13. The normalized spacial score (nSPS) is 10.2. The fraction of sp³-hybridized carbons (Fsp3) is 0.200. The zero-order chi connectivity index (χ0) is 21.9. The third-order valence-corrected chi connectivity index (χ3v) is 4.62. The zero-order valence-corrected chi connectivity index (χ0v) is 17.5. The van der Waals surface area contributed by atoms with Crippen LogP contribution < -0.4 is 20.1 Å². The van der Waals surface area contributed by atoms with Gasteiger partial charge < -0.3 is 20.1 Å². The van der Waals surface area contributed by atoms with E-state index in [0.717, 1.165) is 17.1 Å². The molecule has 0 bridgehead atoms. The minimum atomic E-state index is -0.234. The lowest BCUT2D eigenvalue weighted by Gasteiger charge is -2.12. The van der Waals surface area contributed by atoms with E-state index in [0.29, 0.717) is 30.8 Å². The van der Waals surface area contributed by atoms with Crippen LogP contribution in [-0.2, 0) is 11.3 Å². The number of methoxy groups -OCH3 is 1. The molecule has 0 atom stereocenters. The standard InChI is InChI=1S/C25H26N2O4/c1-30-20-13-15-21(16-14-20)31-17-7-12-24(28)27-23-11-6-5-10-22(23)25(29)26-18-19-8-3-2-4-9-19/h2-6,8-11,13-16H,7,12,17-18H2,1H3,(H,26,29)(H,27,28). The highest BCUT2D eigenvalue weighted by atomic mass is 16.5. The predicted octanol–water partition coefficient (Wildman–Crippen LogP) is 4.42. The van der Waals surface area contributed by atoms with Crippen LogP contribution in [0.25, 0.3) is 0 Å². The first-order valence-corrected chi connectivity index (χ1v) is 10.1. The molecule has 160 valence electrons. The Kier molecular flexibility index (Phi) is 8.05. The molecule has 3 aromatic rings. The third-order valence-electron chi connectivity index (χ3n) is 4.62. The van der Waals surface area contributed by atoms with Crippen molar-refractivity contribution in [2.24, 2.45) is 0 Å². The number of para-hydroxylation sites is 1. The number of benzene rings is 3. The minimum Gasteiger partial charge on any atom is -0.497 e. The number of ether oxygens (including phenoxy) is 2. The van der Waals surface area contributed by atoms with Gasteiger partial charge in [0.2, 0.25) is 5.91 Å². The van der Waals surface area contributed by atoms with Crippen LogP contribution in [0, 0.1) is 0 Å². The summed E-state index contributed by atoms with van der Waals surface area (Å²) in [5.74, 6) is 1.09. The van der Waals surface area contributed by atoms with E-state index in [-0.39, 0.29) is 18.2 Å². The maximum Gasteiger partial charge on any atom is 0.253 e. The van der Waals surface area contributed by atoms with Gasteiger partial charge in [0.15, 0.2) is 0 Å². The summed E-state index contributed by atoms with van der Waals surface area (Å²) in [6.07, 6.45) is 0.844. The molecule has 31 heavy (non-hydrogen) atoms. The fourth-order valence-electron chi connectivity index (χ4n) is 2.97. The molecule has 2 amide bonds. The van der Waals surface area contributed by atoms with Crippen molar-refractivity contribution in [1.29, 1.82) is 0 Å². The molecule has 0 radical (unpaired) electrons. The quantitative estimate of drug-likeness (QED) is 0.478. The van der Waals surface area contributed by atoms with E-state index in [9.17, 15) is 9.59 Å². The molecule has 3 rings (SSSR count). The lowest BCUT2D eigenvalue weighted by Crippen LogP contribution is -2.24. The highest BCUT2D eigenvalue weighted by molar-refractivity contribution is 6.03. The first kappa shape index (κ1) is 21.9. The number of hydrogen-bond acceptors (Lipinski definition) is 4. The largest absolute Gasteiger partial charge is 0.497 e. The average Bonchev–Trinajstić information content (AvgIpc) is 2.81. The molecule has 0 aliphatic heterocycles. The van der Waals surface area contributed by atoms with E-state index < -0.39 is 0 Å². The number of rotatable bonds is 10. The molecule has 0 aliphatic rings. The van der Waals surface area contributed by atoms with E-state index in [1.54, 1.807) is 31.4 Å². The molecule has 0 heterocycles. The molecule has 0 saturated heterocycles. The summed E-state index contributed by atoms with van der Waals surface area (Å²) in [6.45, 7) is 0.837. The molecule has 0 aromatic heterocycles. The van der Waals surface area contributed by atoms with Gasteiger partial charge >= 0.3 is 0 Å². The molecule has 0 unspecified atom stereocenters. The number of nitrogens with one attached hydrogen (secondary N) is 2. The van der Waals surface area contributed by atoms with Crippen molar-refractivity contribution in [3.8, 4) is 11.5 Å². The van der Waals surface area contributed by atoms with E-state index in [4.69, 9.17) is 9.47 Å². The lowest BCUT2D eigenvalue weighted by molar-refractivity contribution is -0.116. The molecule has 0 aliphatic carbocycles. The van der Waals surface area contributed by atoms with Crippen molar-refractivity contribution in [2.75, 3.05) is 19.0 Å². The van der Waals surface area contributed by atoms with Crippen molar-refractivity contribution in [3.63, 3.8) is 0 Å². The number of carbonyl (C=O) groups excluding carboxylic acids is 2. The number of amides is 2. The smallest absolute Gasteiger partial charge is 0.253 e. The average molecular weight is 418 g/mol. The summed E-state index contributed by atoms with van der Waals surface area (Å²) in [7, 11) is 1.61. The fourth-order valence-corrected chi connectivity index (χ4v) is 2.97. The van der Waals surface area contributed by atoms with Gasteiger partial charge in [0.05, 0.1) is 25.0 Å². The second kappa shape index (κ2) is 11.4. The van der Waals surface area contributed by atoms with Gasteiger partial charge in [0, 0.05) is 13.0 Å². The molecular formula is C25H26N2O4. The van der Waals surface area contributed by atoms with Crippen LogP contribution in [0.4, 0.5) is 5.69 Å². The Morgan fingerprint density at radius 3 is 2.26 bits per heavy atom. The first-order chi connectivity index (χ1) is 15.2. The second-order valence-electron chi connectivity index (χ2n) is 6.89. The summed E-state index contributed by atoms with van der Waals surface area (Å²) in [5.41, 5.74) is 1.93. The van der Waals surface area contributed by atoms with Crippen LogP contribution >= 0.6 is 0 Å². The molecular weight excluding hydrogens is 392 g/mol. The van der Waals surface area contributed by atoms with Crippen molar-refractivity contribution < 1.29 is 19.1 Å². The monoisotopic (exact) mass is 418 g/mol. The summed E-state index contributed by atoms with van der Waals surface area (Å²) < 4.78 is 10.8. The molecule has 3 aromatic carbocycles. The zero-order valence-electron chi connectivity index (χ0n) is 17.5. The number of anilines is 1. The van der Waals surface area contributed by atoms with Crippen LogP contribution in [0.3, 0.4) is 0 Å². The van der Waals surface area contributed by atoms with Gasteiger partial charge in [-0.1, -0.05) is 42.5 Å². The Morgan fingerprint density at radius 2 is 1.52 bits per heavy atom. The number of carbonyl (C=O) groups is 2. The van der Waals surface area contributed by atoms with E-state index >= 15 is 0 Å². The van der Waals surface area contributed by atoms with Gasteiger partial charge in [-0.2, -0.15) is 0 Å². The Balaban J connectivity index is 1.46. The summed E-state index contributed by atoms with van der Waals surface area (Å²) in [6, 6.07) is 23.9. The molecule has 0 fully saturated rings. The Labute approximate surface area is 182 Å². The second-order valence-corrected chi connectivity index (χ2v) is 6.89. The maximum atomic E-state index is 12.6. The van der Waals surface area contributed by atoms with Crippen molar-refractivity contribution in [2.45, 2.75) is 19.4 Å². The molecule has 6 heteroatoms. The third kappa shape index (κ3) is 6.89. The van der Waals surface area contributed by atoms with Crippen molar-refractivity contribution >= 4 is 17.5 Å². The van der Waals surface area contributed by atoms with Gasteiger partial charge in [-0.05, 0) is 48.4 Å². The topological polar surface area (TPSA) is 76.7 Å². The first-order valence-electron chi connectivity index (χ1n) is 10.1. The predicted molar refractivity (Wildman–Crippen MR) is 120 cm³/mol. The summed E-state index contributed by atoms with van der Waals surface area (Å²) in [4.78, 5) is 24.9. The lowest BCUT2D eigenvalue weighted by atomic mass is 10.1. The molecule has 0 saturated carbocycles. The van der Waals surface area contributed by atoms with Crippen molar-refractivity contribution in [3.05, 3.63) is 90.0 Å².